The van der Waals surface area contributed by atoms with Gasteiger partial charge in [-0.05, 0) is 43.0 Å². The summed E-state index contributed by atoms with van der Waals surface area (Å²) < 4.78 is 2.01. The molecule has 2 aliphatic rings. The predicted octanol–water partition coefficient (Wildman–Crippen LogP) is 2.35. The molecular formula is C19H25N5O2S. The lowest BCUT2D eigenvalue weighted by molar-refractivity contribution is 0.0653. The van der Waals surface area contributed by atoms with Gasteiger partial charge in [-0.15, -0.1) is 10.2 Å². The number of fused-ring (bicyclic) bond motifs is 1. The molecule has 0 radical (unpaired) electrons. The van der Waals surface area contributed by atoms with Crippen molar-refractivity contribution >= 4 is 23.2 Å². The fourth-order valence-corrected chi connectivity index (χ4v) is 4.57. The van der Waals surface area contributed by atoms with Crippen LogP contribution in [0.3, 0.4) is 0 Å². The Balaban J connectivity index is 1.37. The Morgan fingerprint density at radius 3 is 2.96 bits per heavy atom. The molecule has 1 saturated heterocycles. The molecule has 2 aromatic heterocycles. The van der Waals surface area contributed by atoms with Crippen LogP contribution in [0.25, 0.3) is 0 Å². The molecule has 1 N–H and O–H groups in total. The molecule has 0 bridgehead atoms. The molecule has 7 nitrogen and oxygen atoms in total. The topological polar surface area (TPSA) is 80.1 Å². The summed E-state index contributed by atoms with van der Waals surface area (Å²) in [6.07, 6.45) is 6.23. The van der Waals surface area contributed by atoms with Crippen molar-refractivity contribution in [2.45, 2.75) is 45.1 Å². The lowest BCUT2D eigenvalue weighted by Crippen LogP contribution is -2.44. The van der Waals surface area contributed by atoms with Crippen molar-refractivity contribution in [1.29, 1.82) is 0 Å². The van der Waals surface area contributed by atoms with E-state index < -0.39 is 0 Å². The summed E-state index contributed by atoms with van der Waals surface area (Å²) in [5, 5.41) is 15.2. The second kappa shape index (κ2) is 8.21. The number of thiophene rings is 1. The first-order valence-electron chi connectivity index (χ1n) is 9.74. The average Bonchev–Trinajstić information content (AvgIpc) is 3.31. The zero-order valence-corrected chi connectivity index (χ0v) is 16.2. The van der Waals surface area contributed by atoms with Gasteiger partial charge in [0.2, 0.25) is 5.82 Å². The second-order valence-corrected chi connectivity index (χ2v) is 8.16. The number of nitrogens with one attached hydrogen (secondary N) is 1. The number of amides is 2. The summed E-state index contributed by atoms with van der Waals surface area (Å²) in [6, 6.07) is 1.83. The Kier molecular flexibility index (Phi) is 5.52. The van der Waals surface area contributed by atoms with Gasteiger partial charge < -0.3 is 14.8 Å². The highest BCUT2D eigenvalue weighted by Gasteiger charge is 2.29. The Bertz CT molecular complexity index is 801. The fraction of sp³-hybridized carbons (Fsp3) is 0.579. The molecular weight excluding hydrogens is 362 g/mol. The van der Waals surface area contributed by atoms with Gasteiger partial charge >= 0.3 is 0 Å². The molecule has 8 heteroatoms. The minimum Gasteiger partial charge on any atom is -0.352 e. The van der Waals surface area contributed by atoms with Gasteiger partial charge in [0.15, 0.2) is 0 Å². The highest BCUT2D eigenvalue weighted by molar-refractivity contribution is 7.08. The summed E-state index contributed by atoms with van der Waals surface area (Å²) >= 11 is 1.52. The van der Waals surface area contributed by atoms with Crippen molar-refractivity contribution in [3.63, 3.8) is 0 Å². The molecule has 2 aromatic rings. The average molecular weight is 388 g/mol. The monoisotopic (exact) mass is 387 g/mol. The number of aromatic nitrogens is 3. The van der Waals surface area contributed by atoms with Gasteiger partial charge in [-0.2, -0.15) is 11.3 Å². The first-order valence-corrected chi connectivity index (χ1v) is 10.7. The van der Waals surface area contributed by atoms with Crippen LogP contribution in [-0.4, -0.2) is 51.1 Å². The quantitative estimate of drug-likeness (QED) is 0.873. The Morgan fingerprint density at radius 1 is 1.19 bits per heavy atom. The van der Waals surface area contributed by atoms with Crippen LogP contribution in [0.2, 0.25) is 0 Å². The van der Waals surface area contributed by atoms with Gasteiger partial charge in [-0.3, -0.25) is 9.59 Å². The molecule has 1 unspecified atom stereocenters. The van der Waals surface area contributed by atoms with E-state index in [1.165, 1.54) is 17.8 Å². The first-order chi connectivity index (χ1) is 13.2. The summed E-state index contributed by atoms with van der Waals surface area (Å²) in [5.74, 6) is 1.63. The van der Waals surface area contributed by atoms with Crippen LogP contribution in [0.4, 0.5) is 0 Å². The van der Waals surface area contributed by atoms with Crippen molar-refractivity contribution in [3.8, 4) is 0 Å². The van der Waals surface area contributed by atoms with E-state index in [1.54, 1.807) is 0 Å². The number of hydrogen-bond donors (Lipinski definition) is 1. The van der Waals surface area contributed by atoms with Crippen LogP contribution in [-0.2, 0) is 13.0 Å². The summed E-state index contributed by atoms with van der Waals surface area (Å²) in [6.45, 7) is 2.83. The van der Waals surface area contributed by atoms with Crippen LogP contribution in [0, 0.1) is 5.92 Å². The maximum absolute atomic E-state index is 13.0. The number of rotatable bonds is 4. The van der Waals surface area contributed by atoms with Gasteiger partial charge in [0.25, 0.3) is 11.8 Å². The minimum atomic E-state index is -0.0394. The third-order valence-electron chi connectivity index (χ3n) is 5.44. The van der Waals surface area contributed by atoms with Gasteiger partial charge in [-0.25, -0.2) is 0 Å². The SMILES string of the molecule is O=C(NCC1CCCN(C(=O)c2nnc3n2CCCCC3)C1)c1ccsc1. The third-order valence-corrected chi connectivity index (χ3v) is 6.12. The maximum atomic E-state index is 13.0. The molecule has 0 spiro atoms. The molecule has 1 atom stereocenters. The maximum Gasteiger partial charge on any atom is 0.291 e. The molecule has 0 aliphatic carbocycles. The second-order valence-electron chi connectivity index (χ2n) is 7.38. The number of piperidine rings is 1. The number of aryl methyl sites for hydroxylation is 1. The summed E-state index contributed by atoms with van der Waals surface area (Å²) in [5.41, 5.74) is 0.704. The molecule has 1 fully saturated rings. The molecule has 2 amide bonds. The highest BCUT2D eigenvalue weighted by Crippen LogP contribution is 2.20. The van der Waals surface area contributed by atoms with Crippen LogP contribution >= 0.6 is 11.3 Å². The molecule has 144 valence electrons. The largest absolute Gasteiger partial charge is 0.352 e. The normalized spacial score (nSPS) is 20.0. The zero-order chi connectivity index (χ0) is 18.6. The Morgan fingerprint density at radius 2 is 2.11 bits per heavy atom. The van der Waals surface area contributed by atoms with Crippen LogP contribution in [0.1, 0.15) is 58.9 Å². The van der Waals surface area contributed by atoms with E-state index in [0.29, 0.717) is 24.5 Å². The van der Waals surface area contributed by atoms with E-state index in [0.717, 1.165) is 51.0 Å². The van der Waals surface area contributed by atoms with E-state index in [1.807, 2.05) is 26.3 Å². The fourth-order valence-electron chi connectivity index (χ4n) is 3.93. The number of carbonyl (C=O) groups is 2. The van der Waals surface area contributed by atoms with Crippen molar-refractivity contribution < 1.29 is 9.59 Å². The van der Waals surface area contributed by atoms with Gasteiger partial charge in [0, 0.05) is 43.5 Å². The van der Waals surface area contributed by atoms with Gasteiger partial charge in [-0.1, -0.05) is 6.42 Å². The smallest absolute Gasteiger partial charge is 0.291 e. The van der Waals surface area contributed by atoms with E-state index in [4.69, 9.17) is 0 Å². The molecule has 4 rings (SSSR count). The predicted molar refractivity (Wildman–Crippen MR) is 103 cm³/mol. The molecule has 2 aliphatic heterocycles. The number of likely N-dealkylation sites (tertiary alicyclic amines) is 1. The lowest BCUT2D eigenvalue weighted by Gasteiger charge is -2.32. The number of carbonyl (C=O) groups excluding carboxylic acids is 2. The van der Waals surface area contributed by atoms with E-state index in [9.17, 15) is 9.59 Å². The third kappa shape index (κ3) is 4.05. The molecule has 27 heavy (non-hydrogen) atoms. The van der Waals surface area contributed by atoms with Crippen molar-refractivity contribution in [2.24, 2.45) is 5.92 Å². The molecule has 4 heterocycles. The minimum absolute atomic E-state index is 0.0236. The van der Waals surface area contributed by atoms with Crippen molar-refractivity contribution in [2.75, 3.05) is 19.6 Å². The van der Waals surface area contributed by atoms with Crippen LogP contribution in [0.15, 0.2) is 16.8 Å². The van der Waals surface area contributed by atoms with E-state index >= 15 is 0 Å². The van der Waals surface area contributed by atoms with E-state index in [-0.39, 0.29) is 17.7 Å². The number of hydrogen-bond acceptors (Lipinski definition) is 5. The van der Waals surface area contributed by atoms with E-state index in [2.05, 4.69) is 15.5 Å². The van der Waals surface area contributed by atoms with Gasteiger partial charge in [0.1, 0.15) is 5.82 Å². The summed E-state index contributed by atoms with van der Waals surface area (Å²) in [7, 11) is 0. The standard InChI is InChI=1S/C19H25N5O2S/c25-18(15-7-10-27-13-15)20-11-14-5-4-8-23(12-14)19(26)17-22-21-16-6-2-1-3-9-24(16)17/h7,10,13-14H,1-6,8-9,11-12H2,(H,20,25). The molecule has 0 saturated carbocycles. The van der Waals surface area contributed by atoms with Crippen LogP contribution in [0.5, 0.6) is 0 Å². The van der Waals surface area contributed by atoms with Gasteiger partial charge in [0.05, 0.1) is 0 Å². The lowest BCUT2D eigenvalue weighted by atomic mass is 9.97. The summed E-state index contributed by atoms with van der Waals surface area (Å²) in [4.78, 5) is 27.1. The first kappa shape index (κ1) is 18.2. The van der Waals surface area contributed by atoms with Crippen molar-refractivity contribution in [1.82, 2.24) is 25.0 Å². The Labute approximate surface area is 162 Å². The Hall–Kier alpha value is -2.22. The van der Waals surface area contributed by atoms with Crippen LogP contribution < -0.4 is 5.32 Å². The number of nitrogens with zero attached hydrogens (tertiary/aromatic N) is 4. The van der Waals surface area contributed by atoms with Crippen molar-refractivity contribution in [3.05, 3.63) is 34.0 Å². The highest BCUT2D eigenvalue weighted by atomic mass is 32.1. The zero-order valence-electron chi connectivity index (χ0n) is 15.4. The molecule has 0 aromatic carbocycles.